The van der Waals surface area contributed by atoms with Crippen LogP contribution in [0.15, 0.2) is 12.3 Å². The molecule has 1 rings (SSSR count). The normalized spacial score (nSPS) is 9.58. The number of nitrogens with zero attached hydrogens (tertiary/aromatic N) is 3. The lowest BCUT2D eigenvalue weighted by Gasteiger charge is -2.09. The van der Waals surface area contributed by atoms with Crippen LogP contribution in [-0.4, -0.2) is 30.1 Å². The van der Waals surface area contributed by atoms with Gasteiger partial charge in [0.2, 0.25) is 0 Å². The molecule has 1 aromatic heterocycles. The number of aromatic nitrogens is 2. The van der Waals surface area contributed by atoms with E-state index < -0.39 is 0 Å². The number of anilines is 1. The van der Waals surface area contributed by atoms with Gasteiger partial charge in [-0.25, -0.2) is 0 Å². The van der Waals surface area contributed by atoms with Gasteiger partial charge in [-0.1, -0.05) is 0 Å². The number of rotatable bonds is 2. The van der Waals surface area contributed by atoms with E-state index in [1.54, 1.807) is 11.0 Å². The average molecular weight is 165 g/mol. The maximum atomic E-state index is 10.9. The van der Waals surface area contributed by atoms with E-state index in [4.69, 9.17) is 0 Å². The van der Waals surface area contributed by atoms with Crippen molar-refractivity contribution in [3.05, 3.63) is 17.8 Å². The van der Waals surface area contributed by atoms with E-state index in [0.29, 0.717) is 11.4 Å². The van der Waals surface area contributed by atoms with Crippen LogP contribution in [0.3, 0.4) is 0 Å². The number of carbonyl (C=O) groups is 1. The average Bonchev–Trinajstić information content (AvgIpc) is 2.04. The van der Waals surface area contributed by atoms with E-state index in [1.165, 1.54) is 13.1 Å². The van der Waals surface area contributed by atoms with Crippen LogP contribution in [0.5, 0.6) is 0 Å². The Bertz CT molecular complexity index is 296. The molecule has 1 heterocycles. The van der Waals surface area contributed by atoms with Crippen molar-refractivity contribution in [3.8, 4) is 0 Å². The summed E-state index contributed by atoms with van der Waals surface area (Å²) < 4.78 is 0. The fraction of sp³-hybridized carbons (Fsp3) is 0.375. The summed E-state index contributed by atoms with van der Waals surface area (Å²) in [5, 5.41) is 7.56. The minimum atomic E-state index is 0.00741. The van der Waals surface area contributed by atoms with Crippen molar-refractivity contribution in [1.29, 1.82) is 0 Å². The molecule has 1 aromatic rings. The highest BCUT2D eigenvalue weighted by Gasteiger charge is 2.03. The zero-order chi connectivity index (χ0) is 9.14. The van der Waals surface area contributed by atoms with Gasteiger partial charge in [-0.05, 0) is 13.0 Å². The van der Waals surface area contributed by atoms with Crippen molar-refractivity contribution in [3.63, 3.8) is 0 Å². The molecule has 0 saturated heterocycles. The second-order valence-corrected chi connectivity index (χ2v) is 2.75. The number of hydrogen-bond acceptors (Lipinski definition) is 4. The Hall–Kier alpha value is -1.45. The Morgan fingerprint density at radius 2 is 2.17 bits per heavy atom. The first-order chi connectivity index (χ1) is 5.61. The predicted molar refractivity (Wildman–Crippen MR) is 46.4 cm³/mol. The lowest BCUT2D eigenvalue weighted by Crippen LogP contribution is -2.12. The van der Waals surface area contributed by atoms with E-state index in [9.17, 15) is 4.79 Å². The highest BCUT2D eigenvalue weighted by Crippen LogP contribution is 2.07. The van der Waals surface area contributed by atoms with Gasteiger partial charge in [0.25, 0.3) is 0 Å². The molecule has 0 aliphatic heterocycles. The van der Waals surface area contributed by atoms with Gasteiger partial charge in [0.05, 0.1) is 6.20 Å². The van der Waals surface area contributed by atoms with Crippen LogP contribution in [-0.2, 0) is 0 Å². The maximum Gasteiger partial charge on any atom is 0.161 e. The van der Waals surface area contributed by atoms with Gasteiger partial charge in [-0.3, -0.25) is 4.79 Å². The Labute approximate surface area is 71.2 Å². The van der Waals surface area contributed by atoms with Crippen LogP contribution in [0.2, 0.25) is 0 Å². The molecule has 0 aliphatic carbocycles. The van der Waals surface area contributed by atoms with E-state index in [1.807, 2.05) is 14.1 Å². The molecule has 4 heteroatoms. The van der Waals surface area contributed by atoms with Gasteiger partial charge in [-0.2, -0.15) is 5.10 Å². The molecule has 4 nitrogen and oxygen atoms in total. The van der Waals surface area contributed by atoms with Crippen LogP contribution in [0.25, 0.3) is 0 Å². The molecule has 0 saturated carbocycles. The largest absolute Gasteiger partial charge is 0.361 e. The van der Waals surface area contributed by atoms with Crippen LogP contribution >= 0.6 is 0 Å². The van der Waals surface area contributed by atoms with E-state index >= 15 is 0 Å². The van der Waals surface area contributed by atoms with Crippen molar-refractivity contribution in [2.45, 2.75) is 6.92 Å². The standard InChI is InChI=1S/C8H11N3O/c1-6(12)7-4-8(11(2)3)10-9-5-7/h4-5H,1-3H3. The third-order valence-corrected chi connectivity index (χ3v) is 1.51. The molecule has 0 aromatic carbocycles. The molecule has 0 unspecified atom stereocenters. The Kier molecular flexibility index (Phi) is 2.38. The van der Waals surface area contributed by atoms with Crippen LogP contribution < -0.4 is 4.90 Å². The third-order valence-electron chi connectivity index (χ3n) is 1.51. The van der Waals surface area contributed by atoms with Gasteiger partial charge in [0.15, 0.2) is 11.6 Å². The van der Waals surface area contributed by atoms with E-state index in [0.717, 1.165) is 0 Å². The quantitative estimate of drug-likeness (QED) is 0.606. The Morgan fingerprint density at radius 3 is 2.67 bits per heavy atom. The summed E-state index contributed by atoms with van der Waals surface area (Å²) in [7, 11) is 3.71. The second kappa shape index (κ2) is 3.30. The molecule has 0 aliphatic rings. The van der Waals surface area contributed by atoms with Crippen molar-refractivity contribution in [2.24, 2.45) is 0 Å². The number of carbonyl (C=O) groups excluding carboxylic acids is 1. The number of hydrogen-bond donors (Lipinski definition) is 0. The fourth-order valence-corrected chi connectivity index (χ4v) is 0.767. The lowest BCUT2D eigenvalue weighted by atomic mass is 10.2. The summed E-state index contributed by atoms with van der Waals surface area (Å²) in [4.78, 5) is 12.7. The zero-order valence-corrected chi connectivity index (χ0v) is 7.40. The maximum absolute atomic E-state index is 10.9. The minimum absolute atomic E-state index is 0.00741. The molecule has 0 radical (unpaired) electrons. The van der Waals surface area contributed by atoms with E-state index in [2.05, 4.69) is 10.2 Å². The van der Waals surface area contributed by atoms with Crippen molar-refractivity contribution in [2.75, 3.05) is 19.0 Å². The summed E-state index contributed by atoms with van der Waals surface area (Å²) in [6.45, 7) is 1.51. The molecule has 0 atom stereocenters. The van der Waals surface area contributed by atoms with Crippen LogP contribution in [0, 0.1) is 0 Å². The Morgan fingerprint density at radius 1 is 1.50 bits per heavy atom. The SMILES string of the molecule is CC(=O)c1cnnc(N(C)C)c1. The summed E-state index contributed by atoms with van der Waals surface area (Å²) in [5.41, 5.74) is 0.591. The summed E-state index contributed by atoms with van der Waals surface area (Å²) >= 11 is 0. The van der Waals surface area contributed by atoms with Crippen molar-refractivity contribution < 1.29 is 4.79 Å². The van der Waals surface area contributed by atoms with Crippen LogP contribution in [0.1, 0.15) is 17.3 Å². The molecule has 0 spiro atoms. The monoisotopic (exact) mass is 165 g/mol. The highest BCUT2D eigenvalue weighted by atomic mass is 16.1. The smallest absolute Gasteiger partial charge is 0.161 e. The molecule has 0 N–H and O–H groups in total. The van der Waals surface area contributed by atoms with Crippen molar-refractivity contribution >= 4 is 11.6 Å². The molecular weight excluding hydrogens is 154 g/mol. The summed E-state index contributed by atoms with van der Waals surface area (Å²) in [6, 6.07) is 1.72. The lowest BCUT2D eigenvalue weighted by molar-refractivity contribution is 0.101. The van der Waals surface area contributed by atoms with Crippen molar-refractivity contribution in [1.82, 2.24) is 10.2 Å². The molecule has 12 heavy (non-hydrogen) atoms. The number of ketones is 1. The fourth-order valence-electron chi connectivity index (χ4n) is 0.767. The van der Waals surface area contributed by atoms with Gasteiger partial charge in [-0.15, -0.1) is 5.10 Å². The summed E-state index contributed by atoms with van der Waals surface area (Å²) in [6.07, 6.45) is 1.47. The van der Waals surface area contributed by atoms with Gasteiger partial charge < -0.3 is 4.90 Å². The number of Topliss-reactive ketones (excluding diaryl/α,β-unsaturated/α-hetero) is 1. The first-order valence-corrected chi connectivity index (χ1v) is 3.62. The molecular formula is C8H11N3O. The van der Waals surface area contributed by atoms with Gasteiger partial charge in [0.1, 0.15) is 0 Å². The summed E-state index contributed by atoms with van der Waals surface area (Å²) in [5.74, 6) is 0.704. The first kappa shape index (κ1) is 8.64. The third kappa shape index (κ3) is 1.78. The Balaban J connectivity index is 3.04. The molecule has 0 fully saturated rings. The minimum Gasteiger partial charge on any atom is -0.361 e. The molecule has 64 valence electrons. The second-order valence-electron chi connectivity index (χ2n) is 2.75. The molecule has 0 bridgehead atoms. The predicted octanol–water partition coefficient (Wildman–Crippen LogP) is 0.745. The topological polar surface area (TPSA) is 46.1 Å². The zero-order valence-electron chi connectivity index (χ0n) is 7.40. The molecule has 0 amide bonds. The first-order valence-electron chi connectivity index (χ1n) is 3.62. The van der Waals surface area contributed by atoms with Gasteiger partial charge >= 0.3 is 0 Å². The van der Waals surface area contributed by atoms with Crippen LogP contribution in [0.4, 0.5) is 5.82 Å². The van der Waals surface area contributed by atoms with Gasteiger partial charge in [0, 0.05) is 19.7 Å². The van der Waals surface area contributed by atoms with E-state index in [-0.39, 0.29) is 5.78 Å². The highest BCUT2D eigenvalue weighted by molar-refractivity contribution is 5.94.